The second-order valence-electron chi connectivity index (χ2n) is 3.59. The Morgan fingerprint density at radius 2 is 1.61 bits per heavy atom. The Hall–Kier alpha value is -0.991. The van der Waals surface area contributed by atoms with E-state index in [0.29, 0.717) is 0 Å². The first kappa shape index (κ1) is 13.4. The summed E-state index contributed by atoms with van der Waals surface area (Å²) in [6.45, 7) is 0.105. The van der Waals surface area contributed by atoms with Gasteiger partial charge in [-0.25, -0.2) is 0 Å². The fraction of sp³-hybridized carbons (Fsp3) is 0.0667. The van der Waals surface area contributed by atoms with Gasteiger partial charge in [0, 0.05) is 0 Å². The van der Waals surface area contributed by atoms with Gasteiger partial charge in [0.25, 0.3) is 0 Å². The van der Waals surface area contributed by atoms with Crippen LogP contribution in [0.1, 0.15) is 0 Å². The Kier molecular flexibility index (Phi) is 5.56. The summed E-state index contributed by atoms with van der Waals surface area (Å²) >= 11 is 1.91. The molecular formula is C15H14OSSe. The molecule has 0 atom stereocenters. The molecule has 2 aromatic rings. The van der Waals surface area contributed by atoms with Crippen molar-refractivity contribution in [3.8, 4) is 0 Å². The van der Waals surface area contributed by atoms with Crippen molar-refractivity contribution >= 4 is 31.2 Å². The molecule has 0 heterocycles. The van der Waals surface area contributed by atoms with E-state index in [4.69, 9.17) is 0 Å². The number of hydrogen-bond acceptors (Lipinski definition) is 2. The van der Waals surface area contributed by atoms with Crippen molar-refractivity contribution in [2.75, 3.05) is 6.61 Å². The van der Waals surface area contributed by atoms with Crippen molar-refractivity contribution in [3.63, 3.8) is 0 Å². The number of rotatable bonds is 5. The van der Waals surface area contributed by atoms with Crippen molar-refractivity contribution in [1.29, 1.82) is 0 Å². The molecule has 0 amide bonds. The maximum atomic E-state index is 9.39. The summed E-state index contributed by atoms with van der Waals surface area (Å²) in [6, 6.07) is 20.5. The van der Waals surface area contributed by atoms with Crippen LogP contribution in [-0.4, -0.2) is 26.7 Å². The molecule has 0 spiro atoms. The molecule has 0 fully saturated rings. The van der Waals surface area contributed by atoms with Gasteiger partial charge in [0.05, 0.1) is 0 Å². The fourth-order valence-corrected chi connectivity index (χ4v) is 4.00. The zero-order chi connectivity index (χ0) is 12.6. The third-order valence-electron chi connectivity index (χ3n) is 2.22. The average Bonchev–Trinajstić information content (AvgIpc) is 2.45. The summed E-state index contributed by atoms with van der Waals surface area (Å²) in [6.07, 6.45) is 0. The number of benzene rings is 2. The van der Waals surface area contributed by atoms with Crippen molar-refractivity contribution in [2.45, 2.75) is 4.90 Å². The molecule has 0 unspecified atom stereocenters. The zero-order valence-corrected chi connectivity index (χ0v) is 12.4. The first-order valence-corrected chi connectivity index (χ1v) is 8.29. The molecule has 1 nitrogen and oxygen atoms in total. The Labute approximate surface area is 118 Å². The molecule has 0 saturated heterocycles. The first-order chi connectivity index (χ1) is 8.88. The third-order valence-corrected chi connectivity index (χ3v) is 5.56. The normalized spacial score (nSPS) is 11.5. The van der Waals surface area contributed by atoms with E-state index in [1.807, 2.05) is 36.4 Å². The van der Waals surface area contributed by atoms with Gasteiger partial charge in [-0.1, -0.05) is 0 Å². The molecule has 2 aromatic carbocycles. The van der Waals surface area contributed by atoms with Gasteiger partial charge in [0.15, 0.2) is 0 Å². The molecule has 18 heavy (non-hydrogen) atoms. The van der Waals surface area contributed by atoms with Crippen molar-refractivity contribution in [1.82, 2.24) is 0 Å². The SMILES string of the molecule is OC/C(=C\[Se]c1ccccc1)Sc1ccccc1. The molecule has 0 aliphatic rings. The Bertz CT molecular complexity index is 496. The standard InChI is InChI=1S/C15H14OSSe/c16-11-14(17-13-7-3-1-4-8-13)12-18-15-9-5-2-6-10-15/h1-10,12,16H,11H2/b14-12+. The molecule has 0 aromatic heterocycles. The van der Waals surface area contributed by atoms with Crippen LogP contribution < -0.4 is 4.46 Å². The Morgan fingerprint density at radius 3 is 2.22 bits per heavy atom. The quantitative estimate of drug-likeness (QED) is 0.675. The summed E-state index contributed by atoms with van der Waals surface area (Å²) in [4.78, 5) is 4.34. The van der Waals surface area contributed by atoms with E-state index in [1.165, 1.54) is 9.36 Å². The second kappa shape index (κ2) is 7.45. The number of aliphatic hydroxyl groups excluding tert-OH is 1. The first-order valence-electron chi connectivity index (χ1n) is 5.63. The molecule has 0 saturated carbocycles. The number of hydrogen-bond donors (Lipinski definition) is 1. The molecule has 1 N–H and O–H groups in total. The van der Waals surface area contributed by atoms with Gasteiger partial charge in [0.1, 0.15) is 0 Å². The summed E-state index contributed by atoms with van der Waals surface area (Å²) in [5.74, 6) is 0. The fourth-order valence-electron chi connectivity index (χ4n) is 1.37. The van der Waals surface area contributed by atoms with Gasteiger partial charge in [-0.05, 0) is 0 Å². The summed E-state index contributed by atoms with van der Waals surface area (Å²) < 4.78 is 1.32. The molecule has 0 bridgehead atoms. The van der Waals surface area contributed by atoms with Crippen LogP contribution in [0.4, 0.5) is 0 Å². The van der Waals surface area contributed by atoms with Crippen LogP contribution in [0.15, 0.2) is 75.4 Å². The molecular weight excluding hydrogens is 307 g/mol. The van der Waals surface area contributed by atoms with Gasteiger partial charge in [-0.15, -0.1) is 0 Å². The van der Waals surface area contributed by atoms with Crippen molar-refractivity contribution < 1.29 is 5.11 Å². The van der Waals surface area contributed by atoms with Crippen molar-refractivity contribution in [2.24, 2.45) is 0 Å². The van der Waals surface area contributed by atoms with Crippen LogP contribution in [0.3, 0.4) is 0 Å². The summed E-state index contributed by atoms with van der Waals surface area (Å²) in [7, 11) is 0. The van der Waals surface area contributed by atoms with E-state index in [0.717, 1.165) is 4.91 Å². The van der Waals surface area contributed by atoms with Gasteiger partial charge in [-0.2, -0.15) is 0 Å². The molecule has 2 rings (SSSR count). The van der Waals surface area contributed by atoms with Crippen LogP contribution >= 0.6 is 11.8 Å². The molecule has 3 heteroatoms. The Morgan fingerprint density at radius 1 is 1.00 bits per heavy atom. The van der Waals surface area contributed by atoms with Gasteiger partial charge < -0.3 is 0 Å². The van der Waals surface area contributed by atoms with E-state index in [-0.39, 0.29) is 21.6 Å². The van der Waals surface area contributed by atoms with Crippen LogP contribution in [-0.2, 0) is 0 Å². The van der Waals surface area contributed by atoms with Crippen LogP contribution in [0.2, 0.25) is 0 Å². The van der Waals surface area contributed by atoms with E-state index >= 15 is 0 Å². The minimum absolute atomic E-state index is 0.105. The zero-order valence-electron chi connectivity index (χ0n) is 9.82. The van der Waals surface area contributed by atoms with Crippen LogP contribution in [0, 0.1) is 0 Å². The van der Waals surface area contributed by atoms with Crippen molar-refractivity contribution in [3.05, 3.63) is 70.5 Å². The van der Waals surface area contributed by atoms with Crippen LogP contribution in [0.5, 0.6) is 0 Å². The topological polar surface area (TPSA) is 20.2 Å². The molecule has 0 radical (unpaired) electrons. The molecule has 0 aliphatic heterocycles. The Balaban J connectivity index is 2.00. The number of aliphatic hydroxyl groups is 1. The average molecular weight is 321 g/mol. The predicted octanol–water partition coefficient (Wildman–Crippen LogP) is 2.64. The van der Waals surface area contributed by atoms with E-state index in [1.54, 1.807) is 11.8 Å². The summed E-state index contributed by atoms with van der Waals surface area (Å²) in [5, 5.41) is 9.39. The second-order valence-corrected chi connectivity index (χ2v) is 6.77. The third kappa shape index (κ3) is 4.35. The van der Waals surface area contributed by atoms with Gasteiger partial charge in [-0.3, -0.25) is 0 Å². The van der Waals surface area contributed by atoms with E-state index in [9.17, 15) is 5.11 Å². The predicted molar refractivity (Wildman–Crippen MR) is 79.3 cm³/mol. The van der Waals surface area contributed by atoms with Crippen LogP contribution in [0.25, 0.3) is 0 Å². The molecule has 92 valence electrons. The minimum atomic E-state index is 0.105. The molecule has 0 aliphatic carbocycles. The number of thioether (sulfide) groups is 1. The van der Waals surface area contributed by atoms with E-state index < -0.39 is 0 Å². The summed E-state index contributed by atoms with van der Waals surface area (Å²) in [5.41, 5.74) is 0. The van der Waals surface area contributed by atoms with Gasteiger partial charge >= 0.3 is 118 Å². The monoisotopic (exact) mass is 322 g/mol. The maximum absolute atomic E-state index is 9.39. The van der Waals surface area contributed by atoms with E-state index in [2.05, 4.69) is 29.2 Å². The van der Waals surface area contributed by atoms with Gasteiger partial charge in [0.2, 0.25) is 0 Å².